The third kappa shape index (κ3) is 3.74. The molecular formula is C12H11N5OS2. The number of rotatable bonds is 6. The molecule has 8 heteroatoms. The molecule has 2 rings (SSSR count). The average Bonchev–Trinajstić information content (AvgIpc) is 2.97. The van der Waals surface area contributed by atoms with E-state index in [-0.39, 0.29) is 5.16 Å². The molecule has 0 aliphatic heterocycles. The van der Waals surface area contributed by atoms with Gasteiger partial charge >= 0.3 is 0 Å². The van der Waals surface area contributed by atoms with Gasteiger partial charge in [0.05, 0.1) is 17.4 Å². The molecule has 20 heavy (non-hydrogen) atoms. The van der Waals surface area contributed by atoms with Crippen LogP contribution in [-0.2, 0) is 10.8 Å². The summed E-state index contributed by atoms with van der Waals surface area (Å²) in [6.07, 6.45) is 2.40. The van der Waals surface area contributed by atoms with Gasteiger partial charge in [-0.3, -0.25) is 0 Å². The molecule has 0 aliphatic carbocycles. The SMILES string of the molecule is O=S(C=CCCN=C=S)c1nnnn1-c1ccccc1. The summed E-state index contributed by atoms with van der Waals surface area (Å²) >= 11 is 4.46. The highest BCUT2D eigenvalue weighted by Gasteiger charge is 2.12. The van der Waals surface area contributed by atoms with Crippen LogP contribution in [0.3, 0.4) is 0 Å². The van der Waals surface area contributed by atoms with Crippen LogP contribution in [0.5, 0.6) is 0 Å². The van der Waals surface area contributed by atoms with Gasteiger partial charge in [-0.15, -0.1) is 0 Å². The largest absolute Gasteiger partial charge is 0.248 e. The number of aliphatic imine (C=N–C) groups is 1. The average molecular weight is 305 g/mol. The van der Waals surface area contributed by atoms with Crippen molar-refractivity contribution >= 4 is 28.2 Å². The first kappa shape index (κ1) is 14.4. The lowest BCUT2D eigenvalue weighted by Gasteiger charge is -2.01. The Hall–Kier alpha value is -2.02. The van der Waals surface area contributed by atoms with E-state index in [1.807, 2.05) is 30.3 Å². The minimum atomic E-state index is -1.41. The molecule has 1 heterocycles. The first-order valence-corrected chi connectivity index (χ1v) is 7.39. The Kier molecular flexibility index (Phi) is 5.43. The molecule has 1 unspecified atom stereocenters. The number of hydrogen-bond acceptors (Lipinski definition) is 6. The molecule has 1 aromatic heterocycles. The maximum atomic E-state index is 12.1. The Labute approximate surface area is 123 Å². The molecule has 0 saturated carbocycles. The number of benzene rings is 1. The highest BCUT2D eigenvalue weighted by Crippen LogP contribution is 2.10. The summed E-state index contributed by atoms with van der Waals surface area (Å²) in [7, 11) is -1.41. The van der Waals surface area contributed by atoms with Crippen LogP contribution in [-0.4, -0.2) is 36.1 Å². The predicted molar refractivity (Wildman–Crippen MR) is 79.2 cm³/mol. The highest BCUT2D eigenvalue weighted by atomic mass is 32.2. The van der Waals surface area contributed by atoms with Crippen LogP contribution in [0.25, 0.3) is 5.69 Å². The Balaban J connectivity index is 2.12. The van der Waals surface area contributed by atoms with E-state index >= 15 is 0 Å². The molecule has 0 radical (unpaired) electrons. The maximum absolute atomic E-state index is 12.1. The summed E-state index contributed by atoms with van der Waals surface area (Å²) in [5, 5.41) is 15.3. The van der Waals surface area contributed by atoms with Crippen LogP contribution in [0.4, 0.5) is 0 Å². The van der Waals surface area contributed by atoms with Crippen LogP contribution >= 0.6 is 12.2 Å². The number of isothiocyanates is 1. The van der Waals surface area contributed by atoms with Gasteiger partial charge in [-0.2, -0.15) is 4.68 Å². The van der Waals surface area contributed by atoms with Gasteiger partial charge in [-0.05, 0) is 41.2 Å². The molecule has 1 aromatic carbocycles. The number of para-hydroxylation sites is 1. The van der Waals surface area contributed by atoms with Gasteiger partial charge in [0.2, 0.25) is 5.16 Å². The van der Waals surface area contributed by atoms with Crippen molar-refractivity contribution in [2.75, 3.05) is 6.54 Å². The Morgan fingerprint density at radius 1 is 1.40 bits per heavy atom. The lowest BCUT2D eigenvalue weighted by Crippen LogP contribution is -2.03. The molecule has 0 spiro atoms. The summed E-state index contributed by atoms with van der Waals surface area (Å²) in [5.74, 6) is 0. The first-order chi connectivity index (χ1) is 9.83. The van der Waals surface area contributed by atoms with Crippen molar-refractivity contribution in [1.82, 2.24) is 20.2 Å². The van der Waals surface area contributed by atoms with Gasteiger partial charge in [0, 0.05) is 5.41 Å². The molecule has 0 N–H and O–H groups in total. The fourth-order valence-electron chi connectivity index (χ4n) is 1.44. The summed E-state index contributed by atoms with van der Waals surface area (Å²) < 4.78 is 13.6. The number of hydrogen-bond donors (Lipinski definition) is 0. The lowest BCUT2D eigenvalue weighted by atomic mass is 10.3. The number of thiocarbonyl (C=S) groups is 1. The quantitative estimate of drug-likeness (QED) is 0.462. The third-order valence-electron chi connectivity index (χ3n) is 2.31. The van der Waals surface area contributed by atoms with E-state index in [0.29, 0.717) is 13.0 Å². The van der Waals surface area contributed by atoms with Crippen molar-refractivity contribution in [2.24, 2.45) is 4.99 Å². The van der Waals surface area contributed by atoms with Gasteiger partial charge in [0.1, 0.15) is 10.8 Å². The summed E-state index contributed by atoms with van der Waals surface area (Å²) in [4.78, 5) is 3.77. The van der Waals surface area contributed by atoms with Crippen LogP contribution in [0.2, 0.25) is 0 Å². The number of nitrogens with zero attached hydrogens (tertiary/aromatic N) is 5. The minimum Gasteiger partial charge on any atom is -0.246 e. The molecule has 0 amide bonds. The van der Waals surface area contributed by atoms with Gasteiger partial charge in [-0.1, -0.05) is 29.4 Å². The van der Waals surface area contributed by atoms with Crippen LogP contribution in [0, 0.1) is 0 Å². The number of aromatic nitrogens is 4. The summed E-state index contributed by atoms with van der Waals surface area (Å²) in [6.45, 7) is 0.529. The van der Waals surface area contributed by atoms with E-state index in [4.69, 9.17) is 0 Å². The molecule has 1 atom stereocenters. The third-order valence-corrected chi connectivity index (χ3v) is 3.50. The zero-order valence-electron chi connectivity index (χ0n) is 10.4. The summed E-state index contributed by atoms with van der Waals surface area (Å²) in [6, 6.07) is 9.30. The lowest BCUT2D eigenvalue weighted by molar-refractivity contribution is 0.672. The van der Waals surface area contributed by atoms with Crippen LogP contribution in [0.15, 0.2) is 52.0 Å². The highest BCUT2D eigenvalue weighted by molar-refractivity contribution is 7.87. The van der Waals surface area contributed by atoms with Crippen molar-refractivity contribution in [3.8, 4) is 5.69 Å². The van der Waals surface area contributed by atoms with E-state index < -0.39 is 10.8 Å². The zero-order valence-corrected chi connectivity index (χ0v) is 12.0. The van der Waals surface area contributed by atoms with E-state index in [9.17, 15) is 4.21 Å². The van der Waals surface area contributed by atoms with E-state index in [1.54, 1.807) is 11.5 Å². The van der Waals surface area contributed by atoms with Gasteiger partial charge in [0.15, 0.2) is 0 Å². The molecule has 102 valence electrons. The van der Waals surface area contributed by atoms with E-state index in [1.165, 1.54) is 4.68 Å². The number of tetrazole rings is 1. The first-order valence-electron chi connectivity index (χ1n) is 5.77. The van der Waals surface area contributed by atoms with Crippen LogP contribution < -0.4 is 0 Å². The Morgan fingerprint density at radius 3 is 2.95 bits per heavy atom. The van der Waals surface area contributed by atoms with E-state index in [2.05, 4.69) is 37.9 Å². The van der Waals surface area contributed by atoms with Crippen molar-refractivity contribution in [3.63, 3.8) is 0 Å². The molecule has 0 saturated heterocycles. The van der Waals surface area contributed by atoms with Crippen molar-refractivity contribution in [1.29, 1.82) is 0 Å². The standard InChI is InChI=1S/C12H11N5OS2/c18-20(9-5-4-8-13-10-19)12-14-15-16-17(12)11-6-2-1-3-7-11/h1-3,5-7,9H,4,8H2. The second kappa shape index (κ2) is 7.54. The second-order valence-corrected chi connectivity index (χ2v) is 5.05. The topological polar surface area (TPSA) is 73.0 Å². The molecule has 6 nitrogen and oxygen atoms in total. The summed E-state index contributed by atoms with van der Waals surface area (Å²) in [5.41, 5.74) is 0.763. The Morgan fingerprint density at radius 2 is 2.20 bits per heavy atom. The fraction of sp³-hybridized carbons (Fsp3) is 0.167. The van der Waals surface area contributed by atoms with Crippen molar-refractivity contribution < 1.29 is 4.21 Å². The van der Waals surface area contributed by atoms with E-state index in [0.717, 1.165) is 5.69 Å². The van der Waals surface area contributed by atoms with Gasteiger partial charge in [0.25, 0.3) is 0 Å². The maximum Gasteiger partial charge on any atom is 0.248 e. The Bertz CT molecular complexity index is 661. The van der Waals surface area contributed by atoms with Crippen LogP contribution in [0.1, 0.15) is 6.42 Å². The molecule has 0 bridgehead atoms. The second-order valence-electron chi connectivity index (χ2n) is 3.64. The van der Waals surface area contributed by atoms with Gasteiger partial charge < -0.3 is 0 Å². The fourth-order valence-corrected chi connectivity index (χ4v) is 2.39. The van der Waals surface area contributed by atoms with Gasteiger partial charge in [-0.25, -0.2) is 9.20 Å². The zero-order chi connectivity index (χ0) is 14.2. The molecule has 0 aliphatic rings. The van der Waals surface area contributed by atoms with Crippen molar-refractivity contribution in [3.05, 3.63) is 41.8 Å². The molecule has 2 aromatic rings. The minimum absolute atomic E-state index is 0.283. The predicted octanol–water partition coefficient (Wildman–Crippen LogP) is 1.78. The molecular weight excluding hydrogens is 294 g/mol. The smallest absolute Gasteiger partial charge is 0.246 e. The van der Waals surface area contributed by atoms with Crippen molar-refractivity contribution in [2.45, 2.75) is 11.6 Å². The monoisotopic (exact) mass is 305 g/mol. The molecule has 0 fully saturated rings. The normalized spacial score (nSPS) is 12.2.